The Morgan fingerprint density at radius 1 is 0.977 bits per heavy atom. The smallest absolute Gasteiger partial charge is 0.397 e. The van der Waals surface area contributed by atoms with Crippen molar-refractivity contribution in [2.45, 2.75) is 44.5 Å². The molecule has 0 radical (unpaired) electrons. The average molecular weight is 642 g/mol. The van der Waals surface area contributed by atoms with Crippen LogP contribution in [-0.2, 0) is 23.6 Å². The van der Waals surface area contributed by atoms with E-state index in [9.17, 15) is 53.5 Å². The van der Waals surface area contributed by atoms with Crippen LogP contribution in [0, 0.1) is 5.82 Å². The molecule has 0 bridgehead atoms. The number of aromatic amines is 1. The van der Waals surface area contributed by atoms with E-state index >= 15 is 0 Å². The van der Waals surface area contributed by atoms with E-state index in [1.165, 1.54) is 18.3 Å². The molecular weight excluding hydrogens is 622 g/mol. The number of halogens is 10. The quantitative estimate of drug-likeness (QED) is 0.196. The summed E-state index contributed by atoms with van der Waals surface area (Å²) in [6.07, 6.45) is -7.91. The SMILES string of the molecule is Nc1cn[nH]c(=O)c1C(F)(F)F.O=c1c2cc(F)c(-c3ncc(C(F)(F)F)cn3)cc2ccn1CC(F)CCCOC(F)F. The van der Waals surface area contributed by atoms with E-state index in [1.807, 2.05) is 0 Å². The van der Waals surface area contributed by atoms with Gasteiger partial charge >= 0.3 is 19.0 Å². The molecule has 4 aromatic rings. The second-order valence-corrected chi connectivity index (χ2v) is 8.88. The second-order valence-electron chi connectivity index (χ2n) is 8.88. The molecule has 1 unspecified atom stereocenters. The van der Waals surface area contributed by atoms with E-state index in [1.54, 1.807) is 5.10 Å². The molecule has 0 aliphatic heterocycles. The minimum Gasteiger partial charge on any atom is -0.397 e. The van der Waals surface area contributed by atoms with Crippen molar-refractivity contribution < 1.29 is 48.6 Å². The number of pyridine rings is 1. The molecule has 3 aromatic heterocycles. The predicted molar refractivity (Wildman–Crippen MR) is 135 cm³/mol. The third-order valence-electron chi connectivity index (χ3n) is 5.75. The van der Waals surface area contributed by atoms with Crippen LogP contribution in [0.3, 0.4) is 0 Å². The molecule has 1 atom stereocenters. The van der Waals surface area contributed by atoms with Crippen molar-refractivity contribution in [3.8, 4) is 11.4 Å². The number of aromatic nitrogens is 5. The molecule has 9 nitrogen and oxygen atoms in total. The van der Waals surface area contributed by atoms with Crippen LogP contribution in [-0.4, -0.2) is 44.1 Å². The summed E-state index contributed by atoms with van der Waals surface area (Å²) in [5.74, 6) is -1.23. The van der Waals surface area contributed by atoms with E-state index in [4.69, 9.17) is 5.73 Å². The first-order valence-electron chi connectivity index (χ1n) is 12.2. The molecule has 0 saturated carbocycles. The lowest BCUT2D eigenvalue weighted by Gasteiger charge is -2.12. The lowest BCUT2D eigenvalue weighted by Crippen LogP contribution is -2.24. The van der Waals surface area contributed by atoms with Gasteiger partial charge in [0.2, 0.25) is 0 Å². The van der Waals surface area contributed by atoms with Gasteiger partial charge < -0.3 is 15.0 Å². The minimum atomic E-state index is -4.74. The van der Waals surface area contributed by atoms with Gasteiger partial charge in [-0.2, -0.15) is 40.2 Å². The number of hydrogen-bond acceptors (Lipinski definition) is 7. The molecule has 3 heterocycles. The Balaban J connectivity index is 0.000000369. The van der Waals surface area contributed by atoms with Crippen molar-refractivity contribution in [2.75, 3.05) is 12.3 Å². The van der Waals surface area contributed by atoms with Gasteiger partial charge in [0.25, 0.3) is 11.1 Å². The molecule has 4 rings (SSSR count). The van der Waals surface area contributed by atoms with Gasteiger partial charge in [-0.05, 0) is 36.4 Å². The third kappa shape index (κ3) is 8.74. The van der Waals surface area contributed by atoms with Crippen molar-refractivity contribution in [3.05, 3.63) is 80.6 Å². The van der Waals surface area contributed by atoms with Gasteiger partial charge in [-0.3, -0.25) is 9.59 Å². The molecule has 0 saturated heterocycles. The van der Waals surface area contributed by atoms with Gasteiger partial charge in [0.15, 0.2) is 5.82 Å². The third-order valence-corrected chi connectivity index (χ3v) is 5.75. The minimum absolute atomic E-state index is 0.0267. The zero-order valence-electron chi connectivity index (χ0n) is 21.9. The number of nitrogens with two attached hydrogens (primary N) is 1. The summed E-state index contributed by atoms with van der Waals surface area (Å²) >= 11 is 0. The molecule has 0 aliphatic rings. The number of benzene rings is 1. The summed E-state index contributed by atoms with van der Waals surface area (Å²) in [6.45, 7) is -3.64. The first-order chi connectivity index (χ1) is 20.5. The van der Waals surface area contributed by atoms with Gasteiger partial charge in [0.1, 0.15) is 17.6 Å². The van der Waals surface area contributed by atoms with Gasteiger partial charge in [0, 0.05) is 18.6 Å². The van der Waals surface area contributed by atoms with Crippen molar-refractivity contribution in [1.82, 2.24) is 24.7 Å². The maximum absolute atomic E-state index is 14.6. The Hall–Kier alpha value is -4.55. The number of alkyl halides is 9. The lowest BCUT2D eigenvalue weighted by atomic mass is 10.1. The number of H-pyrrole nitrogens is 1. The fraction of sp³-hybridized carbons (Fsp3) is 0.320. The Labute approximate surface area is 239 Å². The zero-order chi connectivity index (χ0) is 32.8. The summed E-state index contributed by atoms with van der Waals surface area (Å²) in [6, 6.07) is 3.51. The highest BCUT2D eigenvalue weighted by atomic mass is 19.4. The topological polar surface area (TPSA) is 129 Å². The molecule has 0 aliphatic carbocycles. The van der Waals surface area contributed by atoms with E-state index in [2.05, 4.69) is 19.8 Å². The molecular formula is C25H20F10N6O3. The Morgan fingerprint density at radius 2 is 1.64 bits per heavy atom. The number of rotatable bonds is 8. The fourth-order valence-electron chi connectivity index (χ4n) is 3.72. The van der Waals surface area contributed by atoms with Gasteiger partial charge in [0.05, 0.1) is 41.5 Å². The molecule has 3 N–H and O–H groups in total. The second kappa shape index (κ2) is 13.8. The van der Waals surface area contributed by atoms with Crippen LogP contribution < -0.4 is 16.9 Å². The van der Waals surface area contributed by atoms with E-state index < -0.39 is 58.9 Å². The molecule has 238 valence electrons. The highest BCUT2D eigenvalue weighted by Crippen LogP contribution is 2.30. The summed E-state index contributed by atoms with van der Waals surface area (Å²) in [5, 5.41) is 4.92. The van der Waals surface area contributed by atoms with Crippen LogP contribution in [0.15, 0.2) is 52.6 Å². The highest BCUT2D eigenvalue weighted by molar-refractivity contribution is 5.86. The standard InChI is InChI=1S/C20H16F7N3O2.C5H4F3N3O/c21-13(2-1-5-32-19(23)24)10-30-4-3-11-6-15(16(22)7-14(11)18(30)31)17-28-8-12(9-29-17)20(25,26)27;6-5(7,8)3-2(9)1-10-11-4(3)12/h3-4,6-9,13,19H,1-2,5,10H2;1H,(H3,9,11,12). The van der Waals surface area contributed by atoms with E-state index in [-0.39, 0.29) is 48.2 Å². The maximum Gasteiger partial charge on any atom is 0.423 e. The fourth-order valence-corrected chi connectivity index (χ4v) is 3.72. The Bertz CT molecular complexity index is 1690. The molecule has 44 heavy (non-hydrogen) atoms. The van der Waals surface area contributed by atoms with Crippen molar-refractivity contribution >= 4 is 16.5 Å². The Kier molecular flexibility index (Phi) is 10.7. The molecule has 1 aromatic carbocycles. The monoisotopic (exact) mass is 642 g/mol. The summed E-state index contributed by atoms with van der Waals surface area (Å²) in [5.41, 5.74) is -0.487. The number of fused-ring (bicyclic) bond motifs is 1. The van der Waals surface area contributed by atoms with Crippen LogP contribution in [0.25, 0.3) is 22.2 Å². The number of nitrogens with one attached hydrogen (secondary N) is 1. The van der Waals surface area contributed by atoms with Crippen LogP contribution in [0.4, 0.5) is 49.6 Å². The predicted octanol–water partition coefficient (Wildman–Crippen LogP) is 5.34. The first-order valence-corrected chi connectivity index (χ1v) is 12.2. The normalized spacial score (nSPS) is 12.7. The van der Waals surface area contributed by atoms with Crippen LogP contribution in [0.1, 0.15) is 24.0 Å². The number of ether oxygens (including phenoxy) is 1. The van der Waals surface area contributed by atoms with E-state index in [0.29, 0.717) is 12.4 Å². The average Bonchev–Trinajstić information content (AvgIpc) is 2.92. The zero-order valence-corrected chi connectivity index (χ0v) is 21.9. The molecule has 19 heteroatoms. The first kappa shape index (κ1) is 33.9. The van der Waals surface area contributed by atoms with Crippen LogP contribution >= 0.6 is 0 Å². The van der Waals surface area contributed by atoms with Gasteiger partial charge in [-0.25, -0.2) is 23.8 Å². The number of hydrogen-bond donors (Lipinski definition) is 2. The largest absolute Gasteiger partial charge is 0.423 e. The van der Waals surface area contributed by atoms with E-state index in [0.717, 1.165) is 16.8 Å². The number of nitrogen functional groups attached to an aromatic ring is 1. The van der Waals surface area contributed by atoms with Crippen LogP contribution in [0.5, 0.6) is 0 Å². The van der Waals surface area contributed by atoms with Gasteiger partial charge in [-0.15, -0.1) is 0 Å². The van der Waals surface area contributed by atoms with Crippen molar-refractivity contribution in [1.29, 1.82) is 0 Å². The number of anilines is 1. The summed E-state index contributed by atoms with van der Waals surface area (Å²) in [4.78, 5) is 30.3. The van der Waals surface area contributed by atoms with Crippen molar-refractivity contribution in [3.63, 3.8) is 0 Å². The lowest BCUT2D eigenvalue weighted by molar-refractivity contribution is -0.138. The number of nitrogens with zero attached hydrogens (tertiary/aromatic N) is 4. The maximum atomic E-state index is 14.6. The Morgan fingerprint density at radius 3 is 2.18 bits per heavy atom. The highest BCUT2D eigenvalue weighted by Gasteiger charge is 2.36. The summed E-state index contributed by atoms with van der Waals surface area (Å²) in [7, 11) is 0. The molecule has 0 spiro atoms. The van der Waals surface area contributed by atoms with Crippen LogP contribution in [0.2, 0.25) is 0 Å². The molecule has 0 fully saturated rings. The molecule has 0 amide bonds. The van der Waals surface area contributed by atoms with Gasteiger partial charge in [-0.1, -0.05) is 0 Å². The summed E-state index contributed by atoms with van der Waals surface area (Å²) < 4.78 is 131. The van der Waals surface area contributed by atoms with Crippen molar-refractivity contribution in [2.24, 2.45) is 0 Å².